The van der Waals surface area contributed by atoms with Crippen LogP contribution in [0.3, 0.4) is 0 Å². The van der Waals surface area contributed by atoms with Gasteiger partial charge < -0.3 is 14.8 Å². The van der Waals surface area contributed by atoms with Crippen LogP contribution in [0.15, 0.2) is 36.7 Å². The van der Waals surface area contributed by atoms with Crippen molar-refractivity contribution in [3.05, 3.63) is 42.2 Å². The minimum absolute atomic E-state index is 0.252. The van der Waals surface area contributed by atoms with Gasteiger partial charge in [-0.05, 0) is 23.8 Å². The van der Waals surface area contributed by atoms with Gasteiger partial charge in [-0.3, -0.25) is 5.32 Å². The quantitative estimate of drug-likeness (QED) is 0.876. The number of nitrogens with zero attached hydrogens (tertiary/aromatic N) is 2. The van der Waals surface area contributed by atoms with Crippen molar-refractivity contribution in [2.75, 3.05) is 19.5 Å². The smallest absolute Gasteiger partial charge is 0.321 e. The van der Waals surface area contributed by atoms with Crippen LogP contribution in [0.1, 0.15) is 5.56 Å². The molecule has 21 heavy (non-hydrogen) atoms. The first kappa shape index (κ1) is 14.6. The normalized spacial score (nSPS) is 9.81. The highest BCUT2D eigenvalue weighted by Crippen LogP contribution is 2.27. The van der Waals surface area contributed by atoms with Gasteiger partial charge in [-0.15, -0.1) is 0 Å². The molecule has 1 heterocycles. The molecule has 0 bridgehead atoms. The molecular weight excluding hydrogens is 272 g/mol. The Labute approximate surface area is 122 Å². The van der Waals surface area contributed by atoms with Gasteiger partial charge in [0, 0.05) is 18.9 Å². The van der Waals surface area contributed by atoms with Gasteiger partial charge >= 0.3 is 6.03 Å². The zero-order valence-corrected chi connectivity index (χ0v) is 11.8. The van der Waals surface area contributed by atoms with Gasteiger partial charge in [0.15, 0.2) is 11.5 Å². The molecule has 0 spiro atoms. The third kappa shape index (κ3) is 4.07. The standard InChI is InChI=1S/C14H16N4O3/c1-20-11-5-4-10(8-12(11)21-2)9-17-14(19)18-13-15-6-3-7-16-13/h3-8H,9H2,1-2H3,(H2,15,16,17,18,19). The fraction of sp³-hybridized carbons (Fsp3) is 0.214. The number of urea groups is 1. The van der Waals surface area contributed by atoms with Crippen LogP contribution in [0.2, 0.25) is 0 Å². The van der Waals surface area contributed by atoms with E-state index in [0.29, 0.717) is 18.0 Å². The summed E-state index contributed by atoms with van der Waals surface area (Å²) in [6.45, 7) is 0.346. The molecule has 7 heteroatoms. The number of methoxy groups -OCH3 is 2. The van der Waals surface area contributed by atoms with Crippen LogP contribution in [0.4, 0.5) is 10.7 Å². The van der Waals surface area contributed by atoms with Gasteiger partial charge in [0.25, 0.3) is 0 Å². The van der Waals surface area contributed by atoms with Gasteiger partial charge in [-0.2, -0.15) is 0 Å². The molecule has 0 aliphatic rings. The number of benzene rings is 1. The summed E-state index contributed by atoms with van der Waals surface area (Å²) in [6, 6.07) is 6.73. The maximum atomic E-state index is 11.7. The lowest BCUT2D eigenvalue weighted by atomic mass is 10.2. The molecule has 0 aliphatic heterocycles. The van der Waals surface area contributed by atoms with E-state index in [0.717, 1.165) is 5.56 Å². The number of hydrogen-bond acceptors (Lipinski definition) is 5. The van der Waals surface area contributed by atoms with E-state index in [2.05, 4.69) is 20.6 Å². The van der Waals surface area contributed by atoms with Crippen molar-refractivity contribution >= 4 is 12.0 Å². The van der Waals surface area contributed by atoms with E-state index in [-0.39, 0.29) is 12.0 Å². The molecule has 0 saturated heterocycles. The maximum absolute atomic E-state index is 11.7. The maximum Gasteiger partial charge on any atom is 0.321 e. The number of ether oxygens (including phenoxy) is 2. The summed E-state index contributed by atoms with van der Waals surface area (Å²) in [7, 11) is 3.14. The van der Waals surface area contributed by atoms with Gasteiger partial charge in [-0.25, -0.2) is 14.8 Å². The number of amides is 2. The number of carbonyl (C=O) groups excluding carboxylic acids is 1. The zero-order chi connectivity index (χ0) is 15.1. The predicted molar refractivity (Wildman–Crippen MR) is 77.4 cm³/mol. The lowest BCUT2D eigenvalue weighted by Crippen LogP contribution is -2.28. The zero-order valence-electron chi connectivity index (χ0n) is 11.8. The Balaban J connectivity index is 1.92. The van der Waals surface area contributed by atoms with Crippen molar-refractivity contribution in [1.82, 2.24) is 15.3 Å². The molecule has 0 fully saturated rings. The molecule has 0 aliphatic carbocycles. The first-order chi connectivity index (χ1) is 10.2. The largest absolute Gasteiger partial charge is 0.493 e. The molecular formula is C14H16N4O3. The number of rotatable bonds is 5. The van der Waals surface area contributed by atoms with Crippen LogP contribution in [0.25, 0.3) is 0 Å². The lowest BCUT2D eigenvalue weighted by Gasteiger charge is -2.10. The first-order valence-electron chi connectivity index (χ1n) is 6.25. The Morgan fingerprint density at radius 1 is 1.14 bits per heavy atom. The minimum Gasteiger partial charge on any atom is -0.493 e. The second-order valence-corrected chi connectivity index (χ2v) is 4.07. The highest BCUT2D eigenvalue weighted by molar-refractivity contribution is 5.87. The molecule has 2 rings (SSSR count). The molecule has 2 aromatic rings. The van der Waals surface area contributed by atoms with Crippen LogP contribution < -0.4 is 20.1 Å². The first-order valence-corrected chi connectivity index (χ1v) is 6.25. The molecule has 2 N–H and O–H groups in total. The average Bonchev–Trinajstić information content (AvgIpc) is 2.53. The fourth-order valence-corrected chi connectivity index (χ4v) is 1.68. The van der Waals surface area contributed by atoms with Gasteiger partial charge in [0.05, 0.1) is 14.2 Å². The molecule has 7 nitrogen and oxygen atoms in total. The third-order valence-corrected chi connectivity index (χ3v) is 2.69. The number of carbonyl (C=O) groups is 1. The van der Waals surface area contributed by atoms with Crippen molar-refractivity contribution in [3.63, 3.8) is 0 Å². The van der Waals surface area contributed by atoms with Gasteiger partial charge in [-0.1, -0.05) is 6.07 Å². The highest BCUT2D eigenvalue weighted by atomic mass is 16.5. The Hall–Kier alpha value is -2.83. The SMILES string of the molecule is COc1ccc(CNC(=O)Nc2ncccn2)cc1OC. The van der Waals surface area contributed by atoms with Crippen molar-refractivity contribution in [3.8, 4) is 11.5 Å². The number of nitrogens with one attached hydrogen (secondary N) is 2. The van der Waals surface area contributed by atoms with E-state index < -0.39 is 0 Å². The van der Waals surface area contributed by atoms with E-state index in [4.69, 9.17) is 9.47 Å². The molecule has 0 saturated carbocycles. The monoisotopic (exact) mass is 288 g/mol. The molecule has 0 unspecified atom stereocenters. The lowest BCUT2D eigenvalue weighted by molar-refractivity contribution is 0.251. The Kier molecular flexibility index (Phi) is 4.92. The van der Waals surface area contributed by atoms with E-state index in [1.54, 1.807) is 44.8 Å². The molecule has 1 aromatic carbocycles. The summed E-state index contributed by atoms with van der Waals surface area (Å²) in [4.78, 5) is 19.5. The van der Waals surface area contributed by atoms with Crippen LogP contribution in [0, 0.1) is 0 Å². The highest BCUT2D eigenvalue weighted by Gasteiger charge is 2.06. The summed E-state index contributed by atoms with van der Waals surface area (Å²) in [6.07, 6.45) is 3.11. The second-order valence-electron chi connectivity index (χ2n) is 4.07. The van der Waals surface area contributed by atoms with Crippen LogP contribution in [-0.2, 0) is 6.54 Å². The molecule has 2 amide bonds. The number of hydrogen-bond donors (Lipinski definition) is 2. The van der Waals surface area contributed by atoms with E-state index in [1.807, 2.05) is 6.07 Å². The fourth-order valence-electron chi connectivity index (χ4n) is 1.68. The molecule has 110 valence electrons. The Morgan fingerprint density at radius 3 is 2.52 bits per heavy atom. The second kappa shape index (κ2) is 7.09. The van der Waals surface area contributed by atoms with Crippen LogP contribution in [0.5, 0.6) is 11.5 Å². The summed E-state index contributed by atoms with van der Waals surface area (Å²) in [5, 5.41) is 5.24. The third-order valence-electron chi connectivity index (χ3n) is 2.69. The van der Waals surface area contributed by atoms with Crippen molar-refractivity contribution in [1.29, 1.82) is 0 Å². The van der Waals surface area contributed by atoms with Gasteiger partial charge in [0.1, 0.15) is 0 Å². The van der Waals surface area contributed by atoms with Crippen molar-refractivity contribution < 1.29 is 14.3 Å². The van der Waals surface area contributed by atoms with E-state index >= 15 is 0 Å². The number of aromatic nitrogens is 2. The van der Waals surface area contributed by atoms with Crippen molar-refractivity contribution in [2.45, 2.75) is 6.54 Å². The van der Waals surface area contributed by atoms with E-state index in [9.17, 15) is 4.79 Å². The van der Waals surface area contributed by atoms with Crippen LogP contribution >= 0.6 is 0 Å². The summed E-state index contributed by atoms with van der Waals surface area (Å²) >= 11 is 0. The van der Waals surface area contributed by atoms with Crippen LogP contribution in [-0.4, -0.2) is 30.2 Å². The Bertz CT molecular complexity index is 604. The Morgan fingerprint density at radius 2 is 1.86 bits per heavy atom. The topological polar surface area (TPSA) is 85.4 Å². The van der Waals surface area contributed by atoms with Crippen molar-refractivity contribution in [2.24, 2.45) is 0 Å². The molecule has 0 radical (unpaired) electrons. The molecule has 0 atom stereocenters. The summed E-state index contributed by atoms with van der Waals surface area (Å²) in [5.74, 6) is 1.51. The summed E-state index contributed by atoms with van der Waals surface area (Å²) in [5.41, 5.74) is 0.886. The average molecular weight is 288 g/mol. The number of anilines is 1. The van der Waals surface area contributed by atoms with Gasteiger partial charge in [0.2, 0.25) is 5.95 Å². The summed E-state index contributed by atoms with van der Waals surface area (Å²) < 4.78 is 10.4. The minimum atomic E-state index is -0.379. The van der Waals surface area contributed by atoms with E-state index in [1.165, 1.54) is 0 Å². The molecule has 1 aromatic heterocycles. The predicted octanol–water partition coefficient (Wildman–Crippen LogP) is 1.82.